The van der Waals surface area contributed by atoms with Crippen molar-refractivity contribution in [1.82, 2.24) is 0 Å². The highest BCUT2D eigenvalue weighted by molar-refractivity contribution is 5.94. The fourth-order valence-electron chi connectivity index (χ4n) is 3.71. The summed E-state index contributed by atoms with van der Waals surface area (Å²) in [5.74, 6) is -2.83. The lowest BCUT2D eigenvalue weighted by atomic mass is 10.0. The quantitative estimate of drug-likeness (QED) is 0.338. The molecule has 0 aromatic heterocycles. The van der Waals surface area contributed by atoms with Crippen molar-refractivity contribution in [3.63, 3.8) is 0 Å². The van der Waals surface area contributed by atoms with E-state index in [0.29, 0.717) is 23.1 Å². The zero-order valence-electron chi connectivity index (χ0n) is 15.8. The summed E-state index contributed by atoms with van der Waals surface area (Å²) in [6.45, 7) is 2.09. The van der Waals surface area contributed by atoms with E-state index in [1.807, 2.05) is 24.3 Å². The summed E-state index contributed by atoms with van der Waals surface area (Å²) in [7, 11) is 0. The molecule has 144 valence electrons. The Kier molecular flexibility index (Phi) is 4.85. The van der Waals surface area contributed by atoms with Gasteiger partial charge in [0.25, 0.3) is 0 Å². The second-order valence-electron chi connectivity index (χ2n) is 7.02. The van der Waals surface area contributed by atoms with Crippen molar-refractivity contribution in [3.8, 4) is 22.9 Å². The molecule has 0 N–H and O–H groups in total. The highest BCUT2D eigenvalue weighted by atomic mass is 19.1. The van der Waals surface area contributed by atoms with Gasteiger partial charge in [-0.1, -0.05) is 31.5 Å². The van der Waals surface area contributed by atoms with Gasteiger partial charge >= 0.3 is 5.97 Å². The van der Waals surface area contributed by atoms with Crippen molar-refractivity contribution in [2.45, 2.75) is 26.2 Å². The number of ether oxygens (including phenoxy) is 1. The maximum absolute atomic E-state index is 15.1. The van der Waals surface area contributed by atoms with Crippen LogP contribution in [0.1, 0.15) is 46.0 Å². The topological polar surface area (TPSA) is 50.1 Å². The average Bonchev–Trinajstić information content (AvgIpc) is 3.07. The van der Waals surface area contributed by atoms with Crippen LogP contribution >= 0.6 is 0 Å². The normalized spacial score (nSPS) is 11.5. The molecular formula is C24H17F2NO2. The minimum atomic E-state index is -1.10. The molecule has 0 amide bonds. The molecule has 0 spiro atoms. The Morgan fingerprint density at radius 2 is 1.86 bits per heavy atom. The number of rotatable bonds is 4. The first kappa shape index (κ1) is 18.8. The maximum Gasteiger partial charge on any atom is 0.349 e. The fourth-order valence-corrected chi connectivity index (χ4v) is 3.71. The predicted octanol–water partition coefficient (Wildman–Crippen LogP) is 5.58. The Bertz CT molecular complexity index is 1160. The van der Waals surface area contributed by atoms with Crippen molar-refractivity contribution in [1.29, 1.82) is 5.26 Å². The molecule has 3 aromatic rings. The molecule has 3 aromatic carbocycles. The summed E-state index contributed by atoms with van der Waals surface area (Å²) in [5.41, 5.74) is 3.36. The monoisotopic (exact) mass is 389 g/mol. The lowest BCUT2D eigenvalue weighted by Gasteiger charge is -2.10. The van der Waals surface area contributed by atoms with Crippen molar-refractivity contribution >= 4 is 5.97 Å². The van der Waals surface area contributed by atoms with Gasteiger partial charge in [-0.2, -0.15) is 5.26 Å². The smallest absolute Gasteiger partial charge is 0.349 e. The molecule has 0 fully saturated rings. The van der Waals surface area contributed by atoms with E-state index >= 15 is 4.39 Å². The highest BCUT2D eigenvalue weighted by Gasteiger charge is 2.30. The summed E-state index contributed by atoms with van der Waals surface area (Å²) >= 11 is 0. The minimum Gasteiger partial charge on any atom is -0.423 e. The van der Waals surface area contributed by atoms with E-state index in [0.717, 1.165) is 29.5 Å². The Balaban J connectivity index is 1.67. The second-order valence-corrected chi connectivity index (χ2v) is 7.02. The second kappa shape index (κ2) is 7.48. The number of hydrogen-bond acceptors (Lipinski definition) is 3. The largest absolute Gasteiger partial charge is 0.423 e. The van der Waals surface area contributed by atoms with Gasteiger partial charge < -0.3 is 4.74 Å². The Morgan fingerprint density at radius 1 is 1.10 bits per heavy atom. The standard InChI is InChI=1S/C24H17F2NO2/c1-2-3-14-6-9-18-16(10-14)11-20-19(18)12-21(25)22(23(20)26)24(28)29-17-7-4-15(13-27)5-8-17/h4-10,12H,2-3,11H2,1H3. The number of benzene rings is 3. The first-order chi connectivity index (χ1) is 14.0. The van der Waals surface area contributed by atoms with Gasteiger partial charge in [0, 0.05) is 12.0 Å². The van der Waals surface area contributed by atoms with Crippen LogP contribution in [0.2, 0.25) is 0 Å². The molecule has 0 bridgehead atoms. The number of aryl methyl sites for hydroxylation is 1. The van der Waals surface area contributed by atoms with E-state index in [4.69, 9.17) is 10.00 Å². The summed E-state index contributed by atoms with van der Waals surface area (Å²) in [6.07, 6.45) is 2.23. The number of nitriles is 1. The van der Waals surface area contributed by atoms with E-state index in [1.165, 1.54) is 30.3 Å². The van der Waals surface area contributed by atoms with Crippen LogP contribution in [0.3, 0.4) is 0 Å². The lowest BCUT2D eigenvalue weighted by Crippen LogP contribution is -2.14. The number of nitrogens with zero attached hydrogens (tertiary/aromatic N) is 1. The lowest BCUT2D eigenvalue weighted by molar-refractivity contribution is 0.0724. The Hall–Kier alpha value is -3.52. The molecule has 5 heteroatoms. The number of fused-ring (bicyclic) bond motifs is 3. The van der Waals surface area contributed by atoms with Gasteiger partial charge in [-0.05, 0) is 59.0 Å². The van der Waals surface area contributed by atoms with Gasteiger partial charge in [-0.15, -0.1) is 0 Å². The number of carbonyl (C=O) groups excluding carboxylic acids is 1. The van der Waals surface area contributed by atoms with E-state index in [2.05, 4.69) is 6.92 Å². The van der Waals surface area contributed by atoms with Crippen LogP contribution in [0.4, 0.5) is 8.78 Å². The van der Waals surface area contributed by atoms with Gasteiger partial charge in [0.05, 0.1) is 11.6 Å². The SMILES string of the molecule is CCCc1ccc2c(c1)Cc1c-2cc(F)c(C(=O)Oc2ccc(C#N)cc2)c1F. The van der Waals surface area contributed by atoms with E-state index < -0.39 is 23.2 Å². The van der Waals surface area contributed by atoms with Crippen molar-refractivity contribution in [2.24, 2.45) is 0 Å². The highest BCUT2D eigenvalue weighted by Crippen LogP contribution is 2.40. The molecule has 4 rings (SSSR count). The van der Waals surface area contributed by atoms with E-state index in [-0.39, 0.29) is 5.75 Å². The molecule has 3 nitrogen and oxygen atoms in total. The molecule has 0 unspecified atom stereocenters. The van der Waals surface area contributed by atoms with Crippen LogP contribution in [0.25, 0.3) is 11.1 Å². The number of carbonyl (C=O) groups is 1. The summed E-state index contributed by atoms with van der Waals surface area (Å²) in [6, 6.07) is 14.8. The van der Waals surface area contributed by atoms with Gasteiger partial charge in [0.1, 0.15) is 22.9 Å². The van der Waals surface area contributed by atoms with Gasteiger partial charge in [-0.25, -0.2) is 13.6 Å². The molecule has 29 heavy (non-hydrogen) atoms. The molecular weight excluding hydrogens is 372 g/mol. The molecule has 1 aliphatic rings. The Morgan fingerprint density at radius 3 is 2.55 bits per heavy atom. The Labute approximate surface area is 167 Å². The van der Waals surface area contributed by atoms with Crippen LogP contribution in [-0.2, 0) is 12.8 Å². The molecule has 0 atom stereocenters. The maximum atomic E-state index is 15.1. The van der Waals surface area contributed by atoms with Crippen LogP contribution in [-0.4, -0.2) is 5.97 Å². The third-order valence-electron chi connectivity index (χ3n) is 5.08. The van der Waals surface area contributed by atoms with Crippen LogP contribution in [0, 0.1) is 23.0 Å². The molecule has 1 aliphatic carbocycles. The average molecular weight is 389 g/mol. The van der Waals surface area contributed by atoms with E-state index in [9.17, 15) is 9.18 Å². The summed E-state index contributed by atoms with van der Waals surface area (Å²) < 4.78 is 34.9. The van der Waals surface area contributed by atoms with Gasteiger partial charge in [0.15, 0.2) is 0 Å². The molecule has 0 radical (unpaired) electrons. The van der Waals surface area contributed by atoms with Crippen LogP contribution < -0.4 is 4.74 Å². The molecule has 0 aliphatic heterocycles. The van der Waals surface area contributed by atoms with Crippen LogP contribution in [0.15, 0.2) is 48.5 Å². The zero-order chi connectivity index (χ0) is 20.5. The van der Waals surface area contributed by atoms with Crippen molar-refractivity contribution < 1.29 is 18.3 Å². The third-order valence-corrected chi connectivity index (χ3v) is 5.08. The fraction of sp³-hybridized carbons (Fsp3) is 0.167. The van der Waals surface area contributed by atoms with Crippen molar-refractivity contribution in [2.75, 3.05) is 0 Å². The first-order valence-corrected chi connectivity index (χ1v) is 9.37. The summed E-state index contributed by atoms with van der Waals surface area (Å²) in [4.78, 5) is 12.5. The third kappa shape index (κ3) is 3.38. The number of hydrogen-bond donors (Lipinski definition) is 0. The number of esters is 1. The first-order valence-electron chi connectivity index (χ1n) is 9.37. The molecule has 0 heterocycles. The zero-order valence-corrected chi connectivity index (χ0v) is 15.8. The van der Waals surface area contributed by atoms with Crippen molar-refractivity contribution in [3.05, 3.63) is 88.0 Å². The van der Waals surface area contributed by atoms with Gasteiger partial charge in [0.2, 0.25) is 0 Å². The van der Waals surface area contributed by atoms with Gasteiger partial charge in [-0.3, -0.25) is 0 Å². The predicted molar refractivity (Wildman–Crippen MR) is 105 cm³/mol. The van der Waals surface area contributed by atoms with E-state index in [1.54, 1.807) is 0 Å². The molecule has 0 saturated heterocycles. The molecule has 0 saturated carbocycles. The number of halogens is 2. The minimum absolute atomic E-state index is 0.112. The van der Waals surface area contributed by atoms with Crippen LogP contribution in [0.5, 0.6) is 5.75 Å². The summed E-state index contributed by atoms with van der Waals surface area (Å²) in [5, 5.41) is 8.82.